The lowest BCUT2D eigenvalue weighted by Gasteiger charge is -2.05. The van der Waals surface area contributed by atoms with E-state index in [2.05, 4.69) is 19.2 Å². The highest BCUT2D eigenvalue weighted by atomic mass is 14.8. The zero-order valence-electron chi connectivity index (χ0n) is 14.4. The monoisotopic (exact) mass is 280 g/mol. The van der Waals surface area contributed by atoms with E-state index in [0.29, 0.717) is 0 Å². The maximum Gasteiger partial charge on any atom is 0 e. The van der Waals surface area contributed by atoms with Gasteiger partial charge in [-0.25, -0.2) is 0 Å². The predicted octanol–water partition coefficient (Wildman–Crippen LogP) is 5.70. The second-order valence-corrected chi connectivity index (χ2v) is 5.99. The summed E-state index contributed by atoms with van der Waals surface area (Å²) in [6.45, 7) is 7.05. The lowest BCUT2D eigenvalue weighted by atomic mass is 10.1. The van der Waals surface area contributed by atoms with E-state index in [1.807, 2.05) is 0 Å². The smallest absolute Gasteiger partial charge is 0 e. The molecule has 0 saturated carbocycles. The van der Waals surface area contributed by atoms with E-state index in [9.17, 15) is 0 Å². The van der Waals surface area contributed by atoms with Crippen molar-refractivity contribution in [3.05, 3.63) is 0 Å². The summed E-state index contributed by atoms with van der Waals surface area (Å²) in [5, 5.41) is 3.59. The first-order valence-electron chi connectivity index (χ1n) is 9.12. The van der Waals surface area contributed by atoms with Gasteiger partial charge >= 0.3 is 0 Å². The Morgan fingerprint density at radius 2 is 0.750 bits per heavy atom. The third-order valence-electron chi connectivity index (χ3n) is 3.91. The van der Waals surface area contributed by atoms with Gasteiger partial charge in [-0.1, -0.05) is 90.9 Å². The minimum atomic E-state index is 0. The van der Waals surface area contributed by atoms with Crippen LogP contribution in [0.2, 0.25) is 0 Å². The molecule has 0 bridgehead atoms. The number of unbranched alkanes of at least 4 members (excludes halogenated alkanes) is 12. The molecule has 2 heteroatoms. The first kappa shape index (κ1) is 22.3. The molecule has 119 valence electrons. The molecule has 1 nitrogen and oxygen atoms in total. The molecular formula is C18H39BN. The van der Waals surface area contributed by atoms with Gasteiger partial charge in [0.05, 0.1) is 0 Å². The van der Waals surface area contributed by atoms with E-state index >= 15 is 0 Å². The average Bonchev–Trinajstić information content (AvgIpc) is 2.43. The Morgan fingerprint density at radius 3 is 1.10 bits per heavy atom. The van der Waals surface area contributed by atoms with Crippen LogP contribution in [0.5, 0.6) is 0 Å². The first-order chi connectivity index (χ1) is 9.41. The van der Waals surface area contributed by atoms with Crippen LogP contribution >= 0.6 is 0 Å². The lowest BCUT2D eigenvalue weighted by molar-refractivity contribution is 0.537. The van der Waals surface area contributed by atoms with Crippen LogP contribution in [0, 0.1) is 0 Å². The molecule has 3 radical (unpaired) electrons. The second kappa shape index (κ2) is 21.3. The molecule has 0 aliphatic rings. The molecule has 1 N–H and O–H groups in total. The fraction of sp³-hybridized carbons (Fsp3) is 1.00. The largest absolute Gasteiger partial charge is 0.317 e. The van der Waals surface area contributed by atoms with Crippen LogP contribution < -0.4 is 5.32 Å². The summed E-state index contributed by atoms with van der Waals surface area (Å²) in [6, 6.07) is 0. The second-order valence-electron chi connectivity index (χ2n) is 5.99. The summed E-state index contributed by atoms with van der Waals surface area (Å²) >= 11 is 0. The molecule has 0 rings (SSSR count). The van der Waals surface area contributed by atoms with Crippen molar-refractivity contribution in [2.24, 2.45) is 0 Å². The van der Waals surface area contributed by atoms with Gasteiger partial charge in [0.15, 0.2) is 0 Å². The zero-order chi connectivity index (χ0) is 14.0. The summed E-state index contributed by atoms with van der Waals surface area (Å²) in [7, 11) is 0. The van der Waals surface area contributed by atoms with E-state index in [1.165, 1.54) is 103 Å². The molecule has 0 heterocycles. The van der Waals surface area contributed by atoms with Gasteiger partial charge < -0.3 is 5.32 Å². The maximum atomic E-state index is 3.59. The average molecular weight is 280 g/mol. The van der Waals surface area contributed by atoms with E-state index in [-0.39, 0.29) is 8.41 Å². The molecule has 0 saturated heterocycles. The summed E-state index contributed by atoms with van der Waals surface area (Å²) in [4.78, 5) is 0. The number of hydrogen-bond acceptors (Lipinski definition) is 1. The Hall–Kier alpha value is 0.0249. The van der Waals surface area contributed by atoms with Gasteiger partial charge in [-0.15, -0.1) is 0 Å². The Morgan fingerprint density at radius 1 is 0.450 bits per heavy atom. The van der Waals surface area contributed by atoms with Gasteiger partial charge in [0.2, 0.25) is 0 Å². The highest BCUT2D eigenvalue weighted by molar-refractivity contribution is 5.75. The molecule has 0 aromatic rings. The molecule has 0 atom stereocenters. The minimum Gasteiger partial charge on any atom is -0.317 e. The van der Waals surface area contributed by atoms with Gasteiger partial charge in [-0.3, -0.25) is 0 Å². The van der Waals surface area contributed by atoms with Crippen molar-refractivity contribution < 1.29 is 0 Å². The highest BCUT2D eigenvalue weighted by Crippen LogP contribution is 2.07. The van der Waals surface area contributed by atoms with Crippen molar-refractivity contribution in [2.45, 2.75) is 104 Å². The number of rotatable bonds is 16. The third kappa shape index (κ3) is 20.3. The fourth-order valence-corrected chi connectivity index (χ4v) is 2.54. The van der Waals surface area contributed by atoms with Crippen LogP contribution in [0.25, 0.3) is 0 Å². The van der Waals surface area contributed by atoms with Crippen molar-refractivity contribution in [3.8, 4) is 0 Å². The van der Waals surface area contributed by atoms with Crippen LogP contribution in [0.4, 0.5) is 0 Å². The summed E-state index contributed by atoms with van der Waals surface area (Å²) in [5.41, 5.74) is 0. The van der Waals surface area contributed by atoms with Gasteiger partial charge in [0.1, 0.15) is 0 Å². The van der Waals surface area contributed by atoms with Gasteiger partial charge in [-0.05, 0) is 25.9 Å². The molecule has 0 aliphatic heterocycles. The maximum absolute atomic E-state index is 3.59. The Balaban J connectivity index is 0. The molecule has 0 unspecified atom stereocenters. The normalized spacial score (nSPS) is 10.5. The van der Waals surface area contributed by atoms with E-state index in [4.69, 9.17) is 0 Å². The fourth-order valence-electron chi connectivity index (χ4n) is 2.54. The lowest BCUT2D eigenvalue weighted by Crippen LogP contribution is -2.16. The van der Waals surface area contributed by atoms with Crippen molar-refractivity contribution in [2.75, 3.05) is 13.1 Å². The van der Waals surface area contributed by atoms with Crippen molar-refractivity contribution in [1.82, 2.24) is 5.32 Å². The summed E-state index contributed by atoms with van der Waals surface area (Å²) < 4.78 is 0. The van der Waals surface area contributed by atoms with Crippen LogP contribution in [0.3, 0.4) is 0 Å². The standard InChI is InChI=1S/C18H39N.B/c1-3-5-7-9-11-13-15-17-19-18-16-14-12-10-8-6-4-2;/h19H,3-18H2,1-2H3;. The predicted molar refractivity (Wildman–Crippen MR) is 94.6 cm³/mol. The Bertz CT molecular complexity index is 134. The molecule has 0 aromatic heterocycles. The molecule has 20 heavy (non-hydrogen) atoms. The van der Waals surface area contributed by atoms with Crippen LogP contribution in [-0.2, 0) is 0 Å². The zero-order valence-corrected chi connectivity index (χ0v) is 14.4. The van der Waals surface area contributed by atoms with Crippen LogP contribution in [0.15, 0.2) is 0 Å². The quantitative estimate of drug-likeness (QED) is 0.282. The summed E-state index contributed by atoms with van der Waals surface area (Å²) in [6.07, 6.45) is 19.9. The molecule has 0 spiro atoms. The van der Waals surface area contributed by atoms with Gasteiger partial charge in [-0.2, -0.15) is 0 Å². The minimum absolute atomic E-state index is 0. The molecule has 0 fully saturated rings. The van der Waals surface area contributed by atoms with Crippen molar-refractivity contribution >= 4 is 8.41 Å². The third-order valence-corrected chi connectivity index (χ3v) is 3.91. The number of hydrogen-bond donors (Lipinski definition) is 1. The van der Waals surface area contributed by atoms with Crippen LogP contribution in [0.1, 0.15) is 104 Å². The van der Waals surface area contributed by atoms with Crippen molar-refractivity contribution in [1.29, 1.82) is 0 Å². The van der Waals surface area contributed by atoms with E-state index < -0.39 is 0 Å². The number of nitrogens with one attached hydrogen (secondary N) is 1. The van der Waals surface area contributed by atoms with E-state index in [1.54, 1.807) is 0 Å². The van der Waals surface area contributed by atoms with E-state index in [0.717, 1.165) is 0 Å². The van der Waals surface area contributed by atoms with Gasteiger partial charge in [0.25, 0.3) is 0 Å². The van der Waals surface area contributed by atoms with Crippen LogP contribution in [-0.4, -0.2) is 21.5 Å². The topological polar surface area (TPSA) is 12.0 Å². The Kier molecular flexibility index (Phi) is 23.8. The molecule has 0 aromatic carbocycles. The van der Waals surface area contributed by atoms with Crippen molar-refractivity contribution in [3.63, 3.8) is 0 Å². The highest BCUT2D eigenvalue weighted by Gasteiger charge is 1.93. The van der Waals surface area contributed by atoms with Gasteiger partial charge in [0, 0.05) is 8.41 Å². The SMILES string of the molecule is CCCCCCCCCNCCCCCCCCC.[B]. The molecule has 0 aliphatic carbocycles. The molecule has 0 amide bonds. The summed E-state index contributed by atoms with van der Waals surface area (Å²) in [5.74, 6) is 0. The Labute approximate surface area is 131 Å². The first-order valence-corrected chi connectivity index (χ1v) is 9.12. The molecular weight excluding hydrogens is 241 g/mol.